The van der Waals surface area contributed by atoms with Crippen molar-refractivity contribution in [3.63, 3.8) is 0 Å². The molecule has 0 spiro atoms. The van der Waals surface area contributed by atoms with Crippen LogP contribution >= 0.6 is 0 Å². The first-order chi connectivity index (χ1) is 16.1. The Morgan fingerprint density at radius 2 is 1.88 bits per heavy atom. The molecular weight excluding hydrogens is 436 g/mol. The number of piperidine rings is 1. The second-order valence-electron chi connectivity index (χ2n) is 9.62. The van der Waals surface area contributed by atoms with Crippen LogP contribution in [0.4, 0.5) is 5.69 Å². The third kappa shape index (κ3) is 7.90. The van der Waals surface area contributed by atoms with Crippen LogP contribution in [-0.2, 0) is 14.3 Å². The fourth-order valence-corrected chi connectivity index (χ4v) is 4.48. The topological polar surface area (TPSA) is 123 Å². The first-order valence-corrected chi connectivity index (χ1v) is 11.9. The number of carbonyl (C=O) groups excluding carboxylic acids is 3. The number of amides is 2. The summed E-state index contributed by atoms with van der Waals surface area (Å²) in [6, 6.07) is 5.12. The number of nitrogens with one attached hydrogen (secondary N) is 2. The van der Waals surface area contributed by atoms with Crippen molar-refractivity contribution in [2.45, 2.75) is 64.5 Å². The standard InChI is InChI=1S/C25H40N4O5/c1-17(2)16-25(3,24(32)34-5)28-22(30)7-6-12-29-13-10-19(11-14-29)27-23(31)18-8-9-20(26)21(15-18)33-4/h8-9,15,17,19H,6-7,10-14,16,26H2,1-5H3,(H,27,31)(H,28,30). The van der Waals surface area contributed by atoms with Crippen LogP contribution in [0, 0.1) is 5.92 Å². The van der Waals surface area contributed by atoms with Crippen molar-refractivity contribution in [3.05, 3.63) is 23.8 Å². The van der Waals surface area contributed by atoms with Gasteiger partial charge in [0.05, 0.1) is 19.9 Å². The van der Waals surface area contributed by atoms with Crippen molar-refractivity contribution in [3.8, 4) is 5.75 Å². The van der Waals surface area contributed by atoms with Gasteiger partial charge in [-0.05, 0) is 63.3 Å². The van der Waals surface area contributed by atoms with Gasteiger partial charge in [0, 0.05) is 31.1 Å². The van der Waals surface area contributed by atoms with E-state index in [1.54, 1.807) is 25.1 Å². The number of ether oxygens (including phenoxy) is 2. The Labute approximate surface area is 202 Å². The number of hydrogen-bond acceptors (Lipinski definition) is 7. The summed E-state index contributed by atoms with van der Waals surface area (Å²) in [6.07, 6.45) is 3.26. The third-order valence-corrected chi connectivity index (χ3v) is 6.16. The maximum atomic E-state index is 12.6. The van der Waals surface area contributed by atoms with Crippen LogP contribution in [0.15, 0.2) is 18.2 Å². The highest BCUT2D eigenvalue weighted by atomic mass is 16.5. The molecule has 0 radical (unpaired) electrons. The van der Waals surface area contributed by atoms with Crippen molar-refractivity contribution < 1.29 is 23.9 Å². The minimum atomic E-state index is -1.01. The molecule has 4 N–H and O–H groups in total. The minimum absolute atomic E-state index is 0.104. The lowest BCUT2D eigenvalue weighted by Crippen LogP contribution is -2.53. The number of esters is 1. The molecule has 0 bridgehead atoms. The van der Waals surface area contributed by atoms with Crippen LogP contribution in [-0.4, -0.2) is 68.1 Å². The third-order valence-electron chi connectivity index (χ3n) is 6.16. The Kier molecular flexibility index (Phi) is 10.2. The summed E-state index contributed by atoms with van der Waals surface area (Å²) in [5, 5.41) is 5.96. The largest absolute Gasteiger partial charge is 0.495 e. The van der Waals surface area contributed by atoms with Crippen LogP contribution in [0.3, 0.4) is 0 Å². The van der Waals surface area contributed by atoms with E-state index in [1.807, 2.05) is 13.8 Å². The number of benzene rings is 1. The van der Waals surface area contributed by atoms with Gasteiger partial charge in [-0.1, -0.05) is 13.8 Å². The average molecular weight is 477 g/mol. The number of methoxy groups -OCH3 is 2. The lowest BCUT2D eigenvalue weighted by Gasteiger charge is -2.32. The number of likely N-dealkylation sites (tertiary alicyclic amines) is 1. The molecule has 2 rings (SSSR count). The van der Waals surface area contributed by atoms with Gasteiger partial charge in [-0.2, -0.15) is 0 Å². The molecule has 1 saturated heterocycles. The Hall–Kier alpha value is -2.81. The van der Waals surface area contributed by atoms with Crippen LogP contribution in [0.5, 0.6) is 5.75 Å². The lowest BCUT2D eigenvalue weighted by atomic mass is 9.90. The number of rotatable bonds is 11. The quantitative estimate of drug-likeness (QED) is 0.331. The van der Waals surface area contributed by atoms with Gasteiger partial charge in [0.2, 0.25) is 5.91 Å². The van der Waals surface area contributed by atoms with Gasteiger partial charge in [-0.15, -0.1) is 0 Å². The Balaban J connectivity index is 1.73. The van der Waals surface area contributed by atoms with E-state index in [1.165, 1.54) is 14.2 Å². The molecule has 9 nitrogen and oxygen atoms in total. The number of hydrogen-bond donors (Lipinski definition) is 3. The van der Waals surface area contributed by atoms with E-state index in [-0.39, 0.29) is 23.8 Å². The van der Waals surface area contributed by atoms with Crippen molar-refractivity contribution in [2.75, 3.05) is 39.6 Å². The van der Waals surface area contributed by atoms with E-state index >= 15 is 0 Å². The highest BCUT2D eigenvalue weighted by Gasteiger charge is 2.36. The van der Waals surface area contributed by atoms with Gasteiger partial charge in [-0.3, -0.25) is 9.59 Å². The summed E-state index contributed by atoms with van der Waals surface area (Å²) in [5.74, 6) is 0.0324. The van der Waals surface area contributed by atoms with Crippen LogP contribution in [0.1, 0.15) is 63.2 Å². The van der Waals surface area contributed by atoms with E-state index in [0.717, 1.165) is 32.5 Å². The molecule has 190 valence electrons. The van der Waals surface area contributed by atoms with E-state index < -0.39 is 11.5 Å². The van der Waals surface area contributed by atoms with E-state index in [2.05, 4.69) is 15.5 Å². The zero-order valence-electron chi connectivity index (χ0n) is 21.1. The second-order valence-corrected chi connectivity index (χ2v) is 9.62. The predicted molar refractivity (Wildman–Crippen MR) is 132 cm³/mol. The predicted octanol–water partition coefficient (Wildman–Crippen LogP) is 2.35. The molecule has 1 aliphatic rings. The molecule has 2 amide bonds. The number of nitrogen functional groups attached to an aromatic ring is 1. The first-order valence-electron chi connectivity index (χ1n) is 11.9. The fraction of sp³-hybridized carbons (Fsp3) is 0.640. The summed E-state index contributed by atoms with van der Waals surface area (Å²) in [4.78, 5) is 39.5. The molecule has 1 atom stereocenters. The maximum absolute atomic E-state index is 12.6. The summed E-state index contributed by atoms with van der Waals surface area (Å²) in [6.45, 7) is 8.23. The van der Waals surface area contributed by atoms with Crippen LogP contribution in [0.25, 0.3) is 0 Å². The van der Waals surface area contributed by atoms with Crippen molar-refractivity contribution in [1.29, 1.82) is 0 Å². The fourth-order valence-electron chi connectivity index (χ4n) is 4.48. The number of nitrogens with zero attached hydrogens (tertiary/aromatic N) is 1. The van der Waals surface area contributed by atoms with Crippen LogP contribution < -0.4 is 21.1 Å². The molecule has 1 unspecified atom stereocenters. The van der Waals surface area contributed by atoms with E-state index in [4.69, 9.17) is 15.2 Å². The number of carbonyl (C=O) groups is 3. The minimum Gasteiger partial charge on any atom is -0.495 e. The normalized spacial score (nSPS) is 16.5. The van der Waals surface area contributed by atoms with Gasteiger partial charge < -0.3 is 30.7 Å². The highest BCUT2D eigenvalue weighted by molar-refractivity contribution is 5.95. The Morgan fingerprint density at radius 1 is 1.21 bits per heavy atom. The highest BCUT2D eigenvalue weighted by Crippen LogP contribution is 2.23. The number of anilines is 1. The van der Waals surface area contributed by atoms with Gasteiger partial charge >= 0.3 is 5.97 Å². The summed E-state index contributed by atoms with van der Waals surface area (Å²) < 4.78 is 10.1. The molecule has 0 aromatic heterocycles. The molecule has 0 aliphatic carbocycles. The smallest absolute Gasteiger partial charge is 0.331 e. The molecule has 34 heavy (non-hydrogen) atoms. The van der Waals surface area contributed by atoms with Crippen molar-refractivity contribution in [2.24, 2.45) is 5.92 Å². The molecule has 1 aromatic carbocycles. The van der Waals surface area contributed by atoms with Crippen LogP contribution in [0.2, 0.25) is 0 Å². The Bertz CT molecular complexity index is 852. The molecule has 1 aromatic rings. The molecule has 1 fully saturated rings. The summed E-state index contributed by atoms with van der Waals surface area (Å²) in [7, 11) is 2.86. The average Bonchev–Trinajstić information content (AvgIpc) is 2.79. The maximum Gasteiger partial charge on any atom is 0.331 e. The summed E-state index contributed by atoms with van der Waals surface area (Å²) in [5.41, 5.74) is 5.83. The second kappa shape index (κ2) is 12.6. The molecular formula is C25H40N4O5. The molecule has 1 heterocycles. The van der Waals surface area contributed by atoms with Gasteiger partial charge in [0.15, 0.2) is 0 Å². The molecule has 0 saturated carbocycles. The Morgan fingerprint density at radius 3 is 2.47 bits per heavy atom. The summed E-state index contributed by atoms with van der Waals surface area (Å²) >= 11 is 0. The van der Waals surface area contributed by atoms with E-state index in [9.17, 15) is 14.4 Å². The first kappa shape index (κ1) is 27.4. The monoisotopic (exact) mass is 476 g/mol. The van der Waals surface area contributed by atoms with Crippen molar-refractivity contribution >= 4 is 23.5 Å². The SMILES string of the molecule is COC(=O)C(C)(CC(C)C)NC(=O)CCCN1CCC(NC(=O)c2ccc(N)c(OC)c2)CC1. The molecule has 9 heteroatoms. The van der Waals surface area contributed by atoms with Crippen molar-refractivity contribution in [1.82, 2.24) is 15.5 Å². The zero-order valence-corrected chi connectivity index (χ0v) is 21.1. The molecule has 1 aliphatic heterocycles. The van der Waals surface area contributed by atoms with Gasteiger partial charge in [0.25, 0.3) is 5.91 Å². The van der Waals surface area contributed by atoms with Gasteiger partial charge in [0.1, 0.15) is 11.3 Å². The number of nitrogens with two attached hydrogens (primary N) is 1. The zero-order chi connectivity index (χ0) is 25.3. The van der Waals surface area contributed by atoms with Gasteiger partial charge in [-0.25, -0.2) is 4.79 Å². The lowest BCUT2D eigenvalue weighted by molar-refractivity contribution is -0.151. The van der Waals surface area contributed by atoms with E-state index in [0.29, 0.717) is 36.3 Å².